The molecule has 0 aliphatic rings. The van der Waals surface area contributed by atoms with Gasteiger partial charge in [0.05, 0.1) is 6.61 Å². The number of nitrogens with two attached hydrogens (primary N) is 2. The maximum atomic E-state index is 5.88. The van der Waals surface area contributed by atoms with Gasteiger partial charge >= 0.3 is 0 Å². The van der Waals surface area contributed by atoms with E-state index in [9.17, 15) is 0 Å². The fourth-order valence-electron chi connectivity index (χ4n) is 2.68. The number of hydrogen-bond donors (Lipinski definition) is 3. The van der Waals surface area contributed by atoms with Crippen LogP contribution in [0.5, 0.6) is 5.75 Å². The van der Waals surface area contributed by atoms with Gasteiger partial charge in [-0.25, -0.2) is 0 Å². The predicted octanol–water partition coefficient (Wildman–Crippen LogP) is 2.42. The minimum atomic E-state index is 0.499. The van der Waals surface area contributed by atoms with Crippen molar-refractivity contribution in [3.05, 3.63) is 42.0 Å². The van der Waals surface area contributed by atoms with E-state index >= 15 is 0 Å². The highest BCUT2D eigenvalue weighted by atomic mass is 16.5. The molecule has 2 aromatic carbocycles. The number of rotatable bonds is 9. The number of aryl methyl sites for hydroxylation is 1. The summed E-state index contributed by atoms with van der Waals surface area (Å²) in [6, 6.07) is 12.7. The topological polar surface area (TPSA) is 85.7 Å². The van der Waals surface area contributed by atoms with Crippen LogP contribution in [0.4, 0.5) is 0 Å². The first-order valence-corrected chi connectivity index (χ1v) is 8.56. The summed E-state index contributed by atoms with van der Waals surface area (Å²) in [5.41, 5.74) is 12.5. The van der Waals surface area contributed by atoms with Crippen LogP contribution < -0.4 is 21.5 Å². The average Bonchev–Trinajstić information content (AvgIpc) is 2.62. The van der Waals surface area contributed by atoms with E-state index in [2.05, 4.69) is 46.7 Å². The molecule has 0 spiro atoms. The molecule has 0 bridgehead atoms. The Hall–Kier alpha value is -2.27. The van der Waals surface area contributed by atoms with Gasteiger partial charge in [0.1, 0.15) is 5.75 Å². The van der Waals surface area contributed by atoms with E-state index in [4.69, 9.17) is 16.2 Å². The van der Waals surface area contributed by atoms with Crippen molar-refractivity contribution in [2.75, 3.05) is 26.7 Å². The monoisotopic (exact) mass is 328 g/mol. The molecule has 2 aromatic rings. The van der Waals surface area contributed by atoms with Crippen LogP contribution in [-0.4, -0.2) is 32.7 Å². The largest absolute Gasteiger partial charge is 0.493 e. The third-order valence-corrected chi connectivity index (χ3v) is 4.00. The SMILES string of the molecule is CN=C(N)NCCCCc1ccc(OCCCN)c2ccccc12. The fraction of sp³-hybridized carbons (Fsp3) is 0.421. The predicted molar refractivity (Wildman–Crippen MR) is 102 cm³/mol. The molecule has 5 heteroatoms. The van der Waals surface area contributed by atoms with Gasteiger partial charge in [-0.1, -0.05) is 30.3 Å². The number of hydrogen-bond acceptors (Lipinski definition) is 3. The van der Waals surface area contributed by atoms with Crippen molar-refractivity contribution in [1.82, 2.24) is 5.32 Å². The molecule has 0 heterocycles. The Balaban J connectivity index is 1.99. The van der Waals surface area contributed by atoms with Gasteiger partial charge in [0.15, 0.2) is 5.96 Å². The van der Waals surface area contributed by atoms with E-state index < -0.39 is 0 Å². The summed E-state index contributed by atoms with van der Waals surface area (Å²) in [4.78, 5) is 3.89. The Morgan fingerprint density at radius 2 is 1.88 bits per heavy atom. The molecule has 130 valence electrons. The zero-order valence-corrected chi connectivity index (χ0v) is 14.4. The molecule has 0 atom stereocenters. The molecule has 0 aromatic heterocycles. The number of ether oxygens (including phenoxy) is 1. The lowest BCUT2D eigenvalue weighted by molar-refractivity contribution is 0.317. The molecule has 5 N–H and O–H groups in total. The molecule has 5 nitrogen and oxygen atoms in total. The second-order valence-corrected chi connectivity index (χ2v) is 5.75. The summed E-state index contributed by atoms with van der Waals surface area (Å²) in [6.07, 6.45) is 4.06. The highest BCUT2D eigenvalue weighted by Crippen LogP contribution is 2.29. The number of guanidine groups is 1. The third-order valence-electron chi connectivity index (χ3n) is 4.00. The van der Waals surface area contributed by atoms with Crippen LogP contribution in [0.1, 0.15) is 24.8 Å². The fourth-order valence-corrected chi connectivity index (χ4v) is 2.68. The number of benzene rings is 2. The number of nitrogens with one attached hydrogen (secondary N) is 1. The van der Waals surface area contributed by atoms with Gasteiger partial charge in [0, 0.05) is 19.0 Å². The van der Waals surface area contributed by atoms with Gasteiger partial charge < -0.3 is 21.5 Å². The summed E-state index contributed by atoms with van der Waals surface area (Å²) in [6.45, 7) is 2.16. The molecule has 2 rings (SSSR count). The number of nitrogens with zero attached hydrogens (tertiary/aromatic N) is 1. The first-order chi connectivity index (χ1) is 11.8. The van der Waals surface area contributed by atoms with Crippen LogP contribution >= 0.6 is 0 Å². The van der Waals surface area contributed by atoms with Gasteiger partial charge in [0.2, 0.25) is 0 Å². The second-order valence-electron chi connectivity index (χ2n) is 5.75. The zero-order valence-electron chi connectivity index (χ0n) is 14.4. The average molecular weight is 328 g/mol. The molecule has 0 aliphatic heterocycles. The van der Waals surface area contributed by atoms with Gasteiger partial charge in [-0.2, -0.15) is 0 Å². The van der Waals surface area contributed by atoms with E-state index in [-0.39, 0.29) is 0 Å². The molecule has 0 saturated heterocycles. The highest BCUT2D eigenvalue weighted by molar-refractivity contribution is 5.91. The van der Waals surface area contributed by atoms with E-state index in [1.54, 1.807) is 7.05 Å². The molecule has 24 heavy (non-hydrogen) atoms. The quantitative estimate of drug-likeness (QED) is 0.375. The van der Waals surface area contributed by atoms with Crippen molar-refractivity contribution in [3.8, 4) is 5.75 Å². The normalized spacial score (nSPS) is 11.7. The standard InChI is InChI=1S/C19H28N4O/c1-22-19(21)23-13-5-4-7-15-10-11-18(24-14-6-12-20)17-9-3-2-8-16(15)17/h2-3,8-11H,4-7,12-14,20H2,1H3,(H3,21,22,23). The lowest BCUT2D eigenvalue weighted by Gasteiger charge is -2.12. The maximum absolute atomic E-state index is 5.88. The lowest BCUT2D eigenvalue weighted by Crippen LogP contribution is -2.32. The summed E-state index contributed by atoms with van der Waals surface area (Å²) >= 11 is 0. The smallest absolute Gasteiger partial charge is 0.188 e. The molecule has 0 amide bonds. The van der Waals surface area contributed by atoms with Crippen molar-refractivity contribution < 1.29 is 4.74 Å². The first-order valence-electron chi connectivity index (χ1n) is 8.56. The second kappa shape index (κ2) is 9.78. The number of aliphatic imine (C=N–C) groups is 1. The summed E-state index contributed by atoms with van der Waals surface area (Å²) in [7, 11) is 1.69. The number of fused-ring (bicyclic) bond motifs is 1. The van der Waals surface area contributed by atoms with Crippen LogP contribution in [0.3, 0.4) is 0 Å². The minimum absolute atomic E-state index is 0.499. The lowest BCUT2D eigenvalue weighted by atomic mass is 9.99. The molecule has 0 radical (unpaired) electrons. The number of unbranched alkanes of at least 4 members (excludes halogenated alkanes) is 1. The van der Waals surface area contributed by atoms with Gasteiger partial charge in [-0.15, -0.1) is 0 Å². The van der Waals surface area contributed by atoms with E-state index in [1.165, 1.54) is 16.3 Å². The van der Waals surface area contributed by atoms with Crippen LogP contribution in [0, 0.1) is 0 Å². The molecule has 0 aliphatic carbocycles. The van der Waals surface area contributed by atoms with Crippen molar-refractivity contribution in [1.29, 1.82) is 0 Å². The van der Waals surface area contributed by atoms with Crippen LogP contribution in [0.25, 0.3) is 10.8 Å². The van der Waals surface area contributed by atoms with Gasteiger partial charge in [-0.05, 0) is 49.2 Å². The minimum Gasteiger partial charge on any atom is -0.493 e. The Morgan fingerprint density at radius 1 is 1.08 bits per heavy atom. The maximum Gasteiger partial charge on any atom is 0.188 e. The zero-order chi connectivity index (χ0) is 17.2. The molecule has 0 unspecified atom stereocenters. The molecule has 0 fully saturated rings. The van der Waals surface area contributed by atoms with Gasteiger partial charge in [-0.3, -0.25) is 4.99 Å². The van der Waals surface area contributed by atoms with Crippen molar-refractivity contribution in [2.45, 2.75) is 25.7 Å². The Morgan fingerprint density at radius 3 is 2.62 bits per heavy atom. The van der Waals surface area contributed by atoms with Crippen LogP contribution in [0.2, 0.25) is 0 Å². The highest BCUT2D eigenvalue weighted by Gasteiger charge is 2.06. The van der Waals surface area contributed by atoms with E-state index in [0.717, 1.165) is 38.0 Å². The Labute approximate surface area is 144 Å². The third kappa shape index (κ3) is 5.13. The van der Waals surface area contributed by atoms with Crippen molar-refractivity contribution >= 4 is 16.7 Å². The van der Waals surface area contributed by atoms with E-state index in [0.29, 0.717) is 19.1 Å². The summed E-state index contributed by atoms with van der Waals surface area (Å²) in [5, 5.41) is 5.53. The summed E-state index contributed by atoms with van der Waals surface area (Å²) < 4.78 is 5.88. The molecular weight excluding hydrogens is 300 g/mol. The van der Waals surface area contributed by atoms with Crippen LogP contribution in [0.15, 0.2) is 41.4 Å². The van der Waals surface area contributed by atoms with Crippen LogP contribution in [-0.2, 0) is 6.42 Å². The van der Waals surface area contributed by atoms with E-state index in [1.807, 2.05) is 0 Å². The molecular formula is C19H28N4O. The van der Waals surface area contributed by atoms with Crippen molar-refractivity contribution in [2.24, 2.45) is 16.5 Å². The van der Waals surface area contributed by atoms with Crippen molar-refractivity contribution in [3.63, 3.8) is 0 Å². The molecule has 0 saturated carbocycles. The first kappa shape index (κ1) is 18.1. The van der Waals surface area contributed by atoms with Gasteiger partial charge in [0.25, 0.3) is 0 Å². The Bertz CT molecular complexity index is 669. The Kier molecular flexibility index (Phi) is 7.36. The summed E-state index contributed by atoms with van der Waals surface area (Å²) in [5.74, 6) is 1.44.